The van der Waals surface area contributed by atoms with Gasteiger partial charge < -0.3 is 20.5 Å². The maximum atomic E-state index is 12.8. The van der Waals surface area contributed by atoms with E-state index >= 15 is 0 Å². The lowest BCUT2D eigenvalue weighted by atomic mass is 9.87. The number of amides is 2. The molecule has 7 heteroatoms. The molecule has 0 radical (unpaired) electrons. The lowest BCUT2D eigenvalue weighted by Crippen LogP contribution is -2.47. The first-order valence-corrected chi connectivity index (χ1v) is 12.0. The average Bonchev–Trinajstić information content (AvgIpc) is 3.43. The van der Waals surface area contributed by atoms with Gasteiger partial charge in [0.15, 0.2) is 0 Å². The van der Waals surface area contributed by atoms with Crippen molar-refractivity contribution < 1.29 is 24.2 Å². The molecule has 0 aromatic heterocycles. The third-order valence-corrected chi connectivity index (χ3v) is 7.45. The van der Waals surface area contributed by atoms with Gasteiger partial charge in [-0.15, -0.1) is 0 Å². The molecule has 2 aromatic carbocycles. The molecule has 2 aliphatic rings. The smallest absolute Gasteiger partial charge is 0.407 e. The van der Waals surface area contributed by atoms with Crippen molar-refractivity contribution in [2.24, 2.45) is 11.3 Å². The fourth-order valence-corrected chi connectivity index (χ4v) is 5.00. The number of benzene rings is 2. The Morgan fingerprint density at radius 2 is 1.65 bits per heavy atom. The van der Waals surface area contributed by atoms with Crippen LogP contribution in [0.15, 0.2) is 48.5 Å². The predicted molar refractivity (Wildman–Crippen MR) is 128 cm³/mol. The van der Waals surface area contributed by atoms with Crippen LogP contribution in [-0.4, -0.2) is 42.3 Å². The lowest BCUT2D eigenvalue weighted by molar-refractivity contribution is -0.148. The van der Waals surface area contributed by atoms with Gasteiger partial charge in [-0.2, -0.15) is 0 Å². The van der Waals surface area contributed by atoms with E-state index in [4.69, 9.17) is 4.74 Å². The van der Waals surface area contributed by atoms with E-state index < -0.39 is 23.4 Å². The first-order valence-electron chi connectivity index (χ1n) is 12.0. The number of carboxylic acid groups (broad SMARTS) is 1. The zero-order chi connectivity index (χ0) is 24.3. The molecule has 3 unspecified atom stereocenters. The third kappa shape index (κ3) is 4.65. The van der Waals surface area contributed by atoms with Crippen molar-refractivity contribution >= 4 is 18.0 Å². The second-order valence-corrected chi connectivity index (χ2v) is 9.55. The van der Waals surface area contributed by atoms with E-state index in [2.05, 4.69) is 34.9 Å². The number of hydrogen-bond donors (Lipinski definition) is 3. The van der Waals surface area contributed by atoms with Crippen LogP contribution in [0, 0.1) is 11.3 Å². The third-order valence-electron chi connectivity index (χ3n) is 7.45. The maximum Gasteiger partial charge on any atom is 0.407 e. The van der Waals surface area contributed by atoms with Gasteiger partial charge in [0.2, 0.25) is 5.91 Å². The summed E-state index contributed by atoms with van der Waals surface area (Å²) in [5, 5.41) is 15.1. The van der Waals surface area contributed by atoms with Gasteiger partial charge in [-0.1, -0.05) is 61.9 Å². The number of carbonyl (C=O) groups excluding carboxylic acids is 2. The Labute approximate surface area is 199 Å². The summed E-state index contributed by atoms with van der Waals surface area (Å²) in [7, 11) is 0. The summed E-state index contributed by atoms with van der Waals surface area (Å²) in [6.45, 7) is 3.69. The summed E-state index contributed by atoms with van der Waals surface area (Å²) in [6, 6.07) is 16.0. The van der Waals surface area contributed by atoms with Crippen molar-refractivity contribution in [3.63, 3.8) is 0 Å². The minimum atomic E-state index is -1.01. The summed E-state index contributed by atoms with van der Waals surface area (Å²) in [5.41, 5.74) is 3.61. The standard InChI is InChI=1S/C27H32N2O5/c1-3-27(2,25(31)32)16-28-24(30)21-13-8-14-23(21)29-26(33)34-15-22-19-11-6-4-9-17(19)18-10-5-7-12-20(18)22/h4-7,9-12,21-23H,3,8,13-16H2,1-2H3,(H,28,30)(H,29,33)(H,31,32). The summed E-state index contributed by atoms with van der Waals surface area (Å²) in [4.78, 5) is 36.9. The van der Waals surface area contributed by atoms with E-state index in [1.807, 2.05) is 24.3 Å². The van der Waals surface area contributed by atoms with E-state index in [-0.39, 0.29) is 31.0 Å². The fraction of sp³-hybridized carbons (Fsp3) is 0.444. The highest BCUT2D eigenvalue weighted by atomic mass is 16.5. The minimum Gasteiger partial charge on any atom is -0.481 e. The number of hydrogen-bond acceptors (Lipinski definition) is 4. The number of nitrogens with one attached hydrogen (secondary N) is 2. The first kappa shape index (κ1) is 23.8. The van der Waals surface area contributed by atoms with E-state index in [0.717, 1.165) is 17.5 Å². The predicted octanol–water partition coefficient (Wildman–Crippen LogP) is 4.31. The summed E-state index contributed by atoms with van der Waals surface area (Å²) < 4.78 is 5.63. The quantitative estimate of drug-likeness (QED) is 0.540. The molecule has 3 N–H and O–H groups in total. The number of fused-ring (bicyclic) bond motifs is 3. The van der Waals surface area contributed by atoms with Crippen LogP contribution in [0.1, 0.15) is 56.6 Å². The highest BCUT2D eigenvalue weighted by Gasteiger charge is 2.37. The Hall–Kier alpha value is -3.35. The molecule has 0 saturated heterocycles. The van der Waals surface area contributed by atoms with Crippen LogP contribution in [0.4, 0.5) is 4.79 Å². The van der Waals surface area contributed by atoms with Crippen LogP contribution >= 0.6 is 0 Å². The maximum absolute atomic E-state index is 12.8. The Morgan fingerprint density at radius 1 is 1.03 bits per heavy atom. The molecular formula is C27H32N2O5. The van der Waals surface area contributed by atoms with Gasteiger partial charge in [0.1, 0.15) is 6.61 Å². The molecule has 0 spiro atoms. The molecule has 4 rings (SSSR count). The number of carboxylic acids is 1. The topological polar surface area (TPSA) is 105 Å². The van der Waals surface area contributed by atoms with Gasteiger partial charge in [-0.25, -0.2) is 4.79 Å². The molecule has 180 valence electrons. The zero-order valence-electron chi connectivity index (χ0n) is 19.7. The second-order valence-electron chi connectivity index (χ2n) is 9.55. The van der Waals surface area contributed by atoms with Gasteiger partial charge in [-0.05, 0) is 48.4 Å². The van der Waals surface area contributed by atoms with E-state index in [9.17, 15) is 19.5 Å². The van der Waals surface area contributed by atoms with Crippen LogP contribution in [0.5, 0.6) is 0 Å². The second kappa shape index (κ2) is 9.87. The molecular weight excluding hydrogens is 432 g/mol. The largest absolute Gasteiger partial charge is 0.481 e. The summed E-state index contributed by atoms with van der Waals surface area (Å²) in [5.74, 6) is -1.57. The molecule has 0 aliphatic heterocycles. The Morgan fingerprint density at radius 3 is 2.24 bits per heavy atom. The normalized spacial score (nSPS) is 20.6. The Bertz CT molecular complexity index is 1040. The highest BCUT2D eigenvalue weighted by Crippen LogP contribution is 2.44. The molecule has 2 aromatic rings. The molecule has 2 aliphatic carbocycles. The summed E-state index contributed by atoms with van der Waals surface area (Å²) in [6.07, 6.45) is 2.03. The molecule has 2 amide bonds. The van der Waals surface area contributed by atoms with Crippen LogP contribution in [0.3, 0.4) is 0 Å². The average molecular weight is 465 g/mol. The number of alkyl carbamates (subject to hydrolysis) is 1. The molecule has 0 bridgehead atoms. The van der Waals surface area contributed by atoms with Crippen LogP contribution in [-0.2, 0) is 14.3 Å². The van der Waals surface area contributed by atoms with Gasteiger partial charge in [0.05, 0.1) is 11.3 Å². The van der Waals surface area contributed by atoms with Crippen molar-refractivity contribution in [1.29, 1.82) is 0 Å². The monoisotopic (exact) mass is 464 g/mol. The van der Waals surface area contributed by atoms with Crippen molar-refractivity contribution in [2.45, 2.75) is 51.5 Å². The van der Waals surface area contributed by atoms with Crippen molar-refractivity contribution in [2.75, 3.05) is 13.2 Å². The number of carbonyl (C=O) groups is 3. The molecule has 0 heterocycles. The Kier molecular flexibility index (Phi) is 6.91. The molecule has 1 saturated carbocycles. The number of aliphatic carboxylic acids is 1. The van der Waals surface area contributed by atoms with Crippen molar-refractivity contribution in [3.8, 4) is 11.1 Å². The van der Waals surface area contributed by atoms with Crippen molar-refractivity contribution in [3.05, 3.63) is 59.7 Å². The van der Waals surface area contributed by atoms with E-state index in [1.54, 1.807) is 13.8 Å². The summed E-state index contributed by atoms with van der Waals surface area (Å²) >= 11 is 0. The van der Waals surface area contributed by atoms with Gasteiger partial charge >= 0.3 is 12.1 Å². The minimum absolute atomic E-state index is 0.0245. The van der Waals surface area contributed by atoms with Gasteiger partial charge in [-0.3, -0.25) is 9.59 Å². The number of ether oxygens (including phenoxy) is 1. The SMILES string of the molecule is CCC(C)(CNC(=O)C1CCCC1NC(=O)OCC1c2ccccc2-c2ccccc21)C(=O)O. The van der Waals surface area contributed by atoms with Gasteiger partial charge in [0.25, 0.3) is 0 Å². The van der Waals surface area contributed by atoms with Crippen LogP contribution < -0.4 is 10.6 Å². The number of rotatable bonds is 8. The van der Waals surface area contributed by atoms with E-state index in [1.165, 1.54) is 11.1 Å². The molecule has 3 atom stereocenters. The lowest BCUT2D eigenvalue weighted by Gasteiger charge is -2.26. The van der Waals surface area contributed by atoms with Gasteiger partial charge in [0, 0.05) is 18.5 Å². The molecule has 1 fully saturated rings. The Balaban J connectivity index is 1.34. The van der Waals surface area contributed by atoms with Crippen LogP contribution in [0.2, 0.25) is 0 Å². The fourth-order valence-electron chi connectivity index (χ4n) is 5.00. The molecule has 34 heavy (non-hydrogen) atoms. The zero-order valence-corrected chi connectivity index (χ0v) is 19.7. The highest BCUT2D eigenvalue weighted by molar-refractivity contribution is 5.82. The molecule has 7 nitrogen and oxygen atoms in total. The van der Waals surface area contributed by atoms with Crippen LogP contribution in [0.25, 0.3) is 11.1 Å². The first-order chi connectivity index (χ1) is 16.3. The van der Waals surface area contributed by atoms with E-state index in [0.29, 0.717) is 19.3 Å². The van der Waals surface area contributed by atoms with Crippen molar-refractivity contribution in [1.82, 2.24) is 10.6 Å².